The van der Waals surface area contributed by atoms with E-state index in [1.807, 2.05) is 6.92 Å². The molecule has 0 saturated heterocycles. The van der Waals surface area contributed by atoms with Crippen LogP contribution in [-0.4, -0.2) is 23.5 Å². The highest BCUT2D eigenvalue weighted by Gasteiger charge is 2.12. The number of carbonyl (C=O) groups is 2. The van der Waals surface area contributed by atoms with Gasteiger partial charge < -0.3 is 16.2 Å². The molecular weight excluding hydrogens is 232 g/mol. The summed E-state index contributed by atoms with van der Waals surface area (Å²) in [6, 6.07) is 6.93. The highest BCUT2D eigenvalue weighted by Crippen LogP contribution is 2.16. The molecule has 1 rings (SSSR count). The normalized spacial score (nSPS) is 11.8. The van der Waals surface area contributed by atoms with Gasteiger partial charge in [-0.3, -0.25) is 9.59 Å². The number of aliphatic carboxylic acids is 1. The molecule has 18 heavy (non-hydrogen) atoms. The van der Waals surface area contributed by atoms with Gasteiger partial charge in [0.1, 0.15) is 0 Å². The number of nitrogens with two attached hydrogens (primary N) is 1. The largest absolute Gasteiger partial charge is 0.481 e. The number of carboxylic acid groups (broad SMARTS) is 1. The van der Waals surface area contributed by atoms with Crippen LogP contribution in [0.1, 0.15) is 30.1 Å². The lowest BCUT2D eigenvalue weighted by molar-refractivity contribution is -0.138. The molecule has 0 bridgehead atoms. The van der Waals surface area contributed by atoms with Crippen LogP contribution in [0, 0.1) is 5.92 Å². The van der Waals surface area contributed by atoms with Crippen LogP contribution in [0.5, 0.6) is 0 Å². The maximum absolute atomic E-state index is 11.2. The van der Waals surface area contributed by atoms with Gasteiger partial charge >= 0.3 is 5.97 Å². The lowest BCUT2D eigenvalue weighted by Crippen LogP contribution is -2.20. The van der Waals surface area contributed by atoms with Gasteiger partial charge in [-0.2, -0.15) is 0 Å². The highest BCUT2D eigenvalue weighted by atomic mass is 16.4. The Morgan fingerprint density at radius 2 is 2.06 bits per heavy atom. The van der Waals surface area contributed by atoms with Crippen molar-refractivity contribution in [1.29, 1.82) is 0 Å². The Morgan fingerprint density at radius 3 is 2.61 bits per heavy atom. The molecular formula is C13H18N2O3. The quantitative estimate of drug-likeness (QED) is 0.686. The monoisotopic (exact) mass is 250 g/mol. The molecule has 1 aromatic rings. The van der Waals surface area contributed by atoms with Crippen LogP contribution in [0.3, 0.4) is 0 Å². The predicted octanol–water partition coefficient (Wildman–Crippen LogP) is 1.70. The number of primary amides is 1. The Bertz CT molecular complexity index is 432. The summed E-state index contributed by atoms with van der Waals surface area (Å²) in [5, 5.41) is 11.8. The first kappa shape index (κ1) is 14.0. The van der Waals surface area contributed by atoms with Crippen LogP contribution in [0.4, 0.5) is 5.69 Å². The summed E-state index contributed by atoms with van der Waals surface area (Å²) >= 11 is 0. The summed E-state index contributed by atoms with van der Waals surface area (Å²) in [5.74, 6) is -1.28. The molecule has 5 heteroatoms. The van der Waals surface area contributed by atoms with Crippen LogP contribution in [0.15, 0.2) is 24.3 Å². The first-order chi connectivity index (χ1) is 8.54. The smallest absolute Gasteiger partial charge is 0.303 e. The zero-order valence-electron chi connectivity index (χ0n) is 10.3. The van der Waals surface area contributed by atoms with Crippen molar-refractivity contribution in [3.05, 3.63) is 29.8 Å². The standard InChI is InChI=1S/C13H18N2O3/c1-2-9(7-12(16)17)8-15-11-6-4-3-5-10(11)13(14)18/h3-6,9,15H,2,7-8H2,1H3,(H2,14,18)(H,16,17). The molecule has 5 nitrogen and oxygen atoms in total. The molecule has 0 fully saturated rings. The Labute approximate surface area is 106 Å². The fourth-order valence-electron chi connectivity index (χ4n) is 1.71. The number of para-hydroxylation sites is 1. The molecule has 1 amide bonds. The van der Waals surface area contributed by atoms with Gasteiger partial charge in [0.2, 0.25) is 0 Å². The number of benzene rings is 1. The van der Waals surface area contributed by atoms with Crippen molar-refractivity contribution in [3.63, 3.8) is 0 Å². The number of nitrogens with one attached hydrogen (secondary N) is 1. The van der Waals surface area contributed by atoms with E-state index in [-0.39, 0.29) is 12.3 Å². The summed E-state index contributed by atoms with van der Waals surface area (Å²) in [6.45, 7) is 2.45. The summed E-state index contributed by atoms with van der Waals surface area (Å²) in [5.41, 5.74) is 6.33. The van der Waals surface area contributed by atoms with Gasteiger partial charge in [-0.25, -0.2) is 0 Å². The maximum Gasteiger partial charge on any atom is 0.303 e. The molecule has 0 spiro atoms. The lowest BCUT2D eigenvalue weighted by Gasteiger charge is -2.15. The van der Waals surface area contributed by atoms with E-state index in [2.05, 4.69) is 5.32 Å². The summed E-state index contributed by atoms with van der Waals surface area (Å²) in [6.07, 6.45) is 0.875. The van der Waals surface area contributed by atoms with Gasteiger partial charge in [0.15, 0.2) is 0 Å². The second-order valence-electron chi connectivity index (χ2n) is 4.16. The number of hydrogen-bond acceptors (Lipinski definition) is 3. The average molecular weight is 250 g/mol. The molecule has 1 unspecified atom stereocenters. The summed E-state index contributed by atoms with van der Waals surface area (Å²) in [7, 11) is 0. The molecule has 0 aliphatic carbocycles. The van der Waals surface area contributed by atoms with Gasteiger partial charge in [0.05, 0.1) is 5.56 Å². The van der Waals surface area contributed by atoms with Gasteiger partial charge in [-0.1, -0.05) is 25.5 Å². The third-order valence-corrected chi connectivity index (χ3v) is 2.81. The number of carboxylic acids is 1. The van der Waals surface area contributed by atoms with Gasteiger partial charge in [0.25, 0.3) is 5.91 Å². The molecule has 4 N–H and O–H groups in total. The minimum Gasteiger partial charge on any atom is -0.481 e. The van der Waals surface area contributed by atoms with E-state index in [4.69, 9.17) is 10.8 Å². The maximum atomic E-state index is 11.2. The molecule has 1 atom stereocenters. The summed E-state index contributed by atoms with van der Waals surface area (Å²) in [4.78, 5) is 21.9. The number of rotatable bonds is 7. The van der Waals surface area contributed by atoms with E-state index in [0.29, 0.717) is 17.8 Å². The van der Waals surface area contributed by atoms with Crippen molar-refractivity contribution < 1.29 is 14.7 Å². The molecule has 98 valence electrons. The first-order valence-electron chi connectivity index (χ1n) is 5.89. The van der Waals surface area contributed by atoms with Crippen LogP contribution in [-0.2, 0) is 4.79 Å². The first-order valence-corrected chi connectivity index (χ1v) is 5.89. The molecule has 0 aromatic heterocycles. The van der Waals surface area contributed by atoms with Gasteiger partial charge in [-0.05, 0) is 18.1 Å². The van der Waals surface area contributed by atoms with Crippen LogP contribution < -0.4 is 11.1 Å². The van der Waals surface area contributed by atoms with E-state index in [9.17, 15) is 9.59 Å². The van der Waals surface area contributed by atoms with E-state index < -0.39 is 11.9 Å². The number of amides is 1. The minimum absolute atomic E-state index is 0.0310. The third-order valence-electron chi connectivity index (χ3n) is 2.81. The van der Waals surface area contributed by atoms with Crippen molar-refractivity contribution in [2.75, 3.05) is 11.9 Å². The molecule has 0 aliphatic heterocycles. The van der Waals surface area contributed by atoms with Crippen molar-refractivity contribution in [3.8, 4) is 0 Å². The van der Waals surface area contributed by atoms with Crippen LogP contribution in [0.25, 0.3) is 0 Å². The van der Waals surface area contributed by atoms with E-state index in [0.717, 1.165) is 6.42 Å². The Morgan fingerprint density at radius 1 is 1.39 bits per heavy atom. The zero-order valence-corrected chi connectivity index (χ0v) is 10.3. The van der Waals surface area contributed by atoms with E-state index in [1.54, 1.807) is 24.3 Å². The van der Waals surface area contributed by atoms with Crippen LogP contribution in [0.2, 0.25) is 0 Å². The highest BCUT2D eigenvalue weighted by molar-refractivity contribution is 5.98. The van der Waals surface area contributed by atoms with Crippen molar-refractivity contribution in [1.82, 2.24) is 0 Å². The molecule has 0 heterocycles. The van der Waals surface area contributed by atoms with Crippen molar-refractivity contribution in [2.45, 2.75) is 19.8 Å². The Balaban J connectivity index is 2.67. The Kier molecular flexibility index (Phi) is 5.17. The lowest BCUT2D eigenvalue weighted by atomic mass is 10.0. The van der Waals surface area contributed by atoms with Crippen LogP contribution >= 0.6 is 0 Å². The SMILES string of the molecule is CCC(CNc1ccccc1C(N)=O)CC(=O)O. The third kappa shape index (κ3) is 4.08. The molecule has 0 aliphatic rings. The van der Waals surface area contributed by atoms with E-state index in [1.165, 1.54) is 0 Å². The van der Waals surface area contributed by atoms with Crippen molar-refractivity contribution >= 4 is 17.6 Å². The molecule has 0 saturated carbocycles. The number of anilines is 1. The Hall–Kier alpha value is -2.04. The van der Waals surface area contributed by atoms with Crippen molar-refractivity contribution in [2.24, 2.45) is 11.7 Å². The fourth-order valence-corrected chi connectivity index (χ4v) is 1.71. The second-order valence-corrected chi connectivity index (χ2v) is 4.16. The molecule has 1 aromatic carbocycles. The topological polar surface area (TPSA) is 92.4 Å². The fraction of sp³-hybridized carbons (Fsp3) is 0.385. The zero-order chi connectivity index (χ0) is 13.5. The number of carbonyl (C=O) groups excluding carboxylic acids is 1. The second kappa shape index (κ2) is 6.64. The van der Waals surface area contributed by atoms with Gasteiger partial charge in [0, 0.05) is 18.7 Å². The summed E-state index contributed by atoms with van der Waals surface area (Å²) < 4.78 is 0. The van der Waals surface area contributed by atoms with Gasteiger partial charge in [-0.15, -0.1) is 0 Å². The predicted molar refractivity (Wildman–Crippen MR) is 69.5 cm³/mol. The van der Waals surface area contributed by atoms with E-state index >= 15 is 0 Å². The average Bonchev–Trinajstić information content (AvgIpc) is 2.34. The number of hydrogen-bond donors (Lipinski definition) is 3. The minimum atomic E-state index is -0.813. The molecule has 0 radical (unpaired) electrons.